The van der Waals surface area contributed by atoms with Crippen LogP contribution in [0.25, 0.3) is 0 Å². The summed E-state index contributed by atoms with van der Waals surface area (Å²) in [5.41, 5.74) is 1.32. The minimum absolute atomic E-state index is 0.290. The molecule has 0 radical (unpaired) electrons. The average molecular weight is 190 g/mol. The van der Waals surface area contributed by atoms with Crippen molar-refractivity contribution in [3.63, 3.8) is 0 Å². The molecule has 0 aliphatic carbocycles. The Bertz CT molecular complexity index is 253. The lowest BCUT2D eigenvalue weighted by atomic mass is 9.94. The first kappa shape index (κ1) is 11.0. The zero-order valence-electron chi connectivity index (χ0n) is 8.52. The minimum Gasteiger partial charge on any atom is -0.396 e. The third kappa shape index (κ3) is 3.35. The van der Waals surface area contributed by atoms with Crippen molar-refractivity contribution in [2.75, 3.05) is 6.61 Å². The lowest BCUT2D eigenvalue weighted by Gasteiger charge is -2.11. The van der Waals surface area contributed by atoms with E-state index in [-0.39, 0.29) is 0 Å². The fourth-order valence-electron chi connectivity index (χ4n) is 1.60. The van der Waals surface area contributed by atoms with Crippen LogP contribution in [0.5, 0.6) is 0 Å². The van der Waals surface area contributed by atoms with Crippen LogP contribution in [0.1, 0.15) is 30.7 Å². The van der Waals surface area contributed by atoms with E-state index < -0.39 is 0 Å². The van der Waals surface area contributed by atoms with Gasteiger partial charge in [-0.2, -0.15) is 0 Å². The highest BCUT2D eigenvalue weighted by atomic mass is 16.2. The van der Waals surface area contributed by atoms with Crippen molar-refractivity contribution in [2.24, 2.45) is 0 Å². The molecule has 1 N–H and O–H groups in total. The van der Waals surface area contributed by atoms with Gasteiger partial charge in [0.2, 0.25) is 0 Å². The van der Waals surface area contributed by atoms with Crippen molar-refractivity contribution in [1.82, 2.24) is 0 Å². The van der Waals surface area contributed by atoms with Gasteiger partial charge < -0.3 is 5.11 Å². The number of hydrogen-bond acceptors (Lipinski definition) is 1. The molecule has 1 heteroatoms. The first-order chi connectivity index (χ1) is 6.88. The topological polar surface area (TPSA) is 20.2 Å². The van der Waals surface area contributed by atoms with Gasteiger partial charge >= 0.3 is 0 Å². The van der Waals surface area contributed by atoms with Crippen molar-refractivity contribution >= 4 is 0 Å². The Balaban J connectivity index is 2.50. The molecule has 14 heavy (non-hydrogen) atoms. The molecule has 1 aromatic carbocycles. The highest BCUT2D eigenvalue weighted by Crippen LogP contribution is 2.22. The number of benzene rings is 1. The van der Waals surface area contributed by atoms with Crippen LogP contribution in [0.15, 0.2) is 43.0 Å². The fraction of sp³-hybridized carbons (Fsp3) is 0.385. The largest absolute Gasteiger partial charge is 0.396 e. The molecule has 1 nitrogen and oxygen atoms in total. The number of aliphatic hydroxyl groups is 1. The second-order valence-corrected chi connectivity index (χ2v) is 3.47. The average Bonchev–Trinajstić information content (AvgIpc) is 2.26. The molecule has 0 bridgehead atoms. The maximum Gasteiger partial charge on any atom is 0.0431 e. The van der Waals surface area contributed by atoms with Gasteiger partial charge in [0.1, 0.15) is 0 Å². The second-order valence-electron chi connectivity index (χ2n) is 3.47. The normalized spacial score (nSPS) is 12.4. The minimum atomic E-state index is 0.290. The molecule has 0 aromatic heterocycles. The van der Waals surface area contributed by atoms with E-state index in [1.165, 1.54) is 5.56 Å². The second kappa shape index (κ2) is 6.39. The Labute approximate surface area is 86.1 Å². The molecule has 0 saturated carbocycles. The first-order valence-corrected chi connectivity index (χ1v) is 5.17. The van der Waals surface area contributed by atoms with Crippen LogP contribution in [0.2, 0.25) is 0 Å². The van der Waals surface area contributed by atoms with E-state index in [1.54, 1.807) is 0 Å². The molecule has 1 rings (SSSR count). The highest BCUT2D eigenvalue weighted by molar-refractivity contribution is 5.22. The summed E-state index contributed by atoms with van der Waals surface area (Å²) < 4.78 is 0. The Hall–Kier alpha value is -1.08. The van der Waals surface area contributed by atoms with E-state index in [4.69, 9.17) is 5.11 Å². The Morgan fingerprint density at radius 3 is 2.50 bits per heavy atom. The summed E-state index contributed by atoms with van der Waals surface area (Å²) in [6.07, 6.45) is 5.01. The van der Waals surface area contributed by atoms with Gasteiger partial charge in [-0.15, -0.1) is 6.58 Å². The summed E-state index contributed by atoms with van der Waals surface area (Å²) in [6.45, 7) is 4.14. The quantitative estimate of drug-likeness (QED) is 0.540. The van der Waals surface area contributed by atoms with E-state index in [2.05, 4.69) is 30.8 Å². The Morgan fingerprint density at radius 1 is 1.21 bits per heavy atom. The monoisotopic (exact) mass is 190 g/mol. The molecule has 0 amide bonds. The number of unbranched alkanes of at least 4 members (excludes halogenated alkanes) is 1. The van der Waals surface area contributed by atoms with E-state index >= 15 is 0 Å². The third-order valence-electron chi connectivity index (χ3n) is 2.44. The van der Waals surface area contributed by atoms with Gasteiger partial charge in [-0.05, 0) is 18.4 Å². The van der Waals surface area contributed by atoms with E-state index in [0.717, 1.165) is 19.3 Å². The van der Waals surface area contributed by atoms with Crippen LogP contribution in [0, 0.1) is 0 Å². The number of rotatable bonds is 6. The molecule has 1 unspecified atom stereocenters. The summed E-state index contributed by atoms with van der Waals surface area (Å²) in [6, 6.07) is 10.4. The van der Waals surface area contributed by atoms with Crippen LogP contribution in [0.4, 0.5) is 0 Å². The molecule has 0 saturated heterocycles. The molecule has 0 fully saturated rings. The maximum absolute atomic E-state index is 8.70. The maximum atomic E-state index is 8.70. The van der Waals surface area contributed by atoms with Gasteiger partial charge in [0.15, 0.2) is 0 Å². The lowest BCUT2D eigenvalue weighted by molar-refractivity contribution is 0.282. The lowest BCUT2D eigenvalue weighted by Crippen LogP contribution is -1.95. The summed E-state index contributed by atoms with van der Waals surface area (Å²) in [7, 11) is 0. The van der Waals surface area contributed by atoms with Gasteiger partial charge in [-0.25, -0.2) is 0 Å². The summed E-state index contributed by atoms with van der Waals surface area (Å²) in [5.74, 6) is 0.433. The van der Waals surface area contributed by atoms with Gasteiger partial charge in [0, 0.05) is 12.5 Å². The van der Waals surface area contributed by atoms with E-state index in [9.17, 15) is 0 Å². The molecule has 76 valence electrons. The summed E-state index contributed by atoms with van der Waals surface area (Å²) in [4.78, 5) is 0. The zero-order valence-corrected chi connectivity index (χ0v) is 8.52. The number of allylic oxidation sites excluding steroid dienone is 1. The molecule has 0 aliphatic heterocycles. The molecule has 1 atom stereocenters. The third-order valence-corrected chi connectivity index (χ3v) is 2.44. The Morgan fingerprint density at radius 2 is 1.93 bits per heavy atom. The van der Waals surface area contributed by atoms with Crippen LogP contribution >= 0.6 is 0 Å². The summed E-state index contributed by atoms with van der Waals surface area (Å²) >= 11 is 0. The molecule has 0 spiro atoms. The van der Waals surface area contributed by atoms with Gasteiger partial charge in [0.05, 0.1) is 0 Å². The number of aliphatic hydroxyl groups excluding tert-OH is 1. The van der Waals surface area contributed by atoms with Gasteiger partial charge in [0.25, 0.3) is 0 Å². The van der Waals surface area contributed by atoms with Crippen molar-refractivity contribution in [2.45, 2.75) is 25.2 Å². The van der Waals surface area contributed by atoms with Crippen molar-refractivity contribution < 1.29 is 5.11 Å². The Kier molecular flexibility index (Phi) is 5.02. The molecule has 1 aromatic rings. The predicted octanol–water partition coefficient (Wildman–Crippen LogP) is 3.12. The van der Waals surface area contributed by atoms with Crippen LogP contribution in [-0.2, 0) is 0 Å². The fourth-order valence-corrected chi connectivity index (χ4v) is 1.60. The molecular weight excluding hydrogens is 172 g/mol. The van der Waals surface area contributed by atoms with Crippen molar-refractivity contribution in [1.29, 1.82) is 0 Å². The summed E-state index contributed by atoms with van der Waals surface area (Å²) in [5, 5.41) is 8.70. The van der Waals surface area contributed by atoms with Crippen molar-refractivity contribution in [3.05, 3.63) is 48.6 Å². The molecule has 0 heterocycles. The first-order valence-electron chi connectivity index (χ1n) is 5.17. The van der Waals surface area contributed by atoms with Gasteiger partial charge in [-0.1, -0.05) is 42.8 Å². The number of hydrogen-bond donors (Lipinski definition) is 1. The molecular formula is C13H18O. The van der Waals surface area contributed by atoms with E-state index in [1.807, 2.05) is 12.1 Å². The van der Waals surface area contributed by atoms with Gasteiger partial charge in [-0.3, -0.25) is 0 Å². The zero-order chi connectivity index (χ0) is 10.2. The van der Waals surface area contributed by atoms with Crippen molar-refractivity contribution in [3.8, 4) is 0 Å². The van der Waals surface area contributed by atoms with Crippen LogP contribution < -0.4 is 0 Å². The highest BCUT2D eigenvalue weighted by Gasteiger charge is 2.05. The molecule has 0 aliphatic rings. The standard InChI is InChI=1S/C13H18O/c1-2-12(8-6-7-11-14)13-9-4-3-5-10-13/h2-5,9-10,12,14H,1,6-8,11H2. The van der Waals surface area contributed by atoms with E-state index in [0.29, 0.717) is 12.5 Å². The van der Waals surface area contributed by atoms with Crippen LogP contribution in [0.3, 0.4) is 0 Å². The predicted molar refractivity (Wildman–Crippen MR) is 60.3 cm³/mol. The SMILES string of the molecule is C=CC(CCCCO)c1ccccc1. The van der Waals surface area contributed by atoms with Crippen LogP contribution in [-0.4, -0.2) is 11.7 Å². The smallest absolute Gasteiger partial charge is 0.0431 e.